The monoisotopic (exact) mass is 316 g/mol. The number of benzene rings is 1. The van der Waals surface area contributed by atoms with Gasteiger partial charge in [0.15, 0.2) is 5.96 Å². The summed E-state index contributed by atoms with van der Waals surface area (Å²) in [6.45, 7) is 3.42. The van der Waals surface area contributed by atoms with E-state index in [0.29, 0.717) is 25.6 Å². The highest BCUT2D eigenvalue weighted by Gasteiger charge is 2.23. The molecule has 0 aliphatic carbocycles. The Bertz CT molecular complexity index is 582. The Morgan fingerprint density at radius 3 is 3.13 bits per heavy atom. The molecule has 3 rings (SSSR count). The second kappa shape index (κ2) is 7.46. The van der Waals surface area contributed by atoms with Crippen LogP contribution in [0.5, 0.6) is 0 Å². The van der Waals surface area contributed by atoms with E-state index in [-0.39, 0.29) is 12.0 Å². The van der Waals surface area contributed by atoms with E-state index in [2.05, 4.69) is 10.3 Å². The molecule has 2 aliphatic rings. The number of hydrogen-bond acceptors (Lipinski definition) is 3. The number of amides is 1. The van der Waals surface area contributed by atoms with Crippen LogP contribution in [0.4, 0.5) is 0 Å². The van der Waals surface area contributed by atoms with Gasteiger partial charge in [-0.2, -0.15) is 0 Å². The zero-order chi connectivity index (χ0) is 16.1. The van der Waals surface area contributed by atoms with Crippen molar-refractivity contribution in [2.24, 2.45) is 10.7 Å². The quantitative estimate of drug-likeness (QED) is 0.621. The lowest BCUT2D eigenvalue weighted by molar-refractivity contribution is 0.0743. The van der Waals surface area contributed by atoms with Crippen LogP contribution in [0.2, 0.25) is 0 Å². The second-order valence-corrected chi connectivity index (χ2v) is 5.99. The standard InChI is InChI=1S/C17H24N4O2/c18-17(20-12-14-5-3-11-23-14)19-8-10-21-9-7-13-4-1-2-6-15(13)16(21)22/h1-2,4,6,14H,3,5,7-12H2,(H3,18,19,20). The highest BCUT2D eigenvalue weighted by Crippen LogP contribution is 2.18. The van der Waals surface area contributed by atoms with Crippen molar-refractivity contribution >= 4 is 11.9 Å². The number of nitrogens with two attached hydrogens (primary N) is 1. The summed E-state index contributed by atoms with van der Waals surface area (Å²) in [7, 11) is 0. The van der Waals surface area contributed by atoms with Crippen molar-refractivity contribution in [3.05, 3.63) is 35.4 Å². The van der Waals surface area contributed by atoms with Crippen LogP contribution in [0.3, 0.4) is 0 Å². The maximum atomic E-state index is 12.4. The van der Waals surface area contributed by atoms with Crippen LogP contribution in [0, 0.1) is 0 Å². The number of carbonyl (C=O) groups excluding carboxylic acids is 1. The number of rotatable bonds is 5. The number of nitrogens with zero attached hydrogens (tertiary/aromatic N) is 2. The number of aliphatic imine (C=N–C) groups is 1. The zero-order valence-corrected chi connectivity index (χ0v) is 13.3. The summed E-state index contributed by atoms with van der Waals surface area (Å²) in [5.41, 5.74) is 7.82. The predicted octanol–water partition coefficient (Wildman–Crippen LogP) is 0.768. The Balaban J connectivity index is 1.44. The maximum Gasteiger partial charge on any atom is 0.254 e. The Labute approximate surface area is 136 Å². The molecule has 1 atom stereocenters. The lowest BCUT2D eigenvalue weighted by atomic mass is 9.99. The van der Waals surface area contributed by atoms with Gasteiger partial charge >= 0.3 is 0 Å². The van der Waals surface area contributed by atoms with E-state index < -0.39 is 0 Å². The van der Waals surface area contributed by atoms with E-state index in [9.17, 15) is 4.79 Å². The first-order valence-electron chi connectivity index (χ1n) is 8.26. The first kappa shape index (κ1) is 15.8. The molecular formula is C17H24N4O2. The molecule has 6 heteroatoms. The SMILES string of the molecule is NC(=NCC1CCCO1)NCCN1CCc2ccccc2C1=O. The molecule has 1 amide bonds. The Kier molecular flexibility index (Phi) is 5.12. The summed E-state index contributed by atoms with van der Waals surface area (Å²) in [6.07, 6.45) is 3.27. The minimum Gasteiger partial charge on any atom is -0.376 e. The lowest BCUT2D eigenvalue weighted by Crippen LogP contribution is -2.44. The van der Waals surface area contributed by atoms with Crippen LogP contribution < -0.4 is 11.1 Å². The molecule has 2 aliphatic heterocycles. The smallest absolute Gasteiger partial charge is 0.254 e. The maximum absolute atomic E-state index is 12.4. The lowest BCUT2D eigenvalue weighted by Gasteiger charge is -2.28. The average Bonchev–Trinajstić information content (AvgIpc) is 3.09. The van der Waals surface area contributed by atoms with Gasteiger partial charge in [0.05, 0.1) is 12.6 Å². The summed E-state index contributed by atoms with van der Waals surface area (Å²) in [4.78, 5) is 18.6. The van der Waals surface area contributed by atoms with Gasteiger partial charge < -0.3 is 20.7 Å². The molecular weight excluding hydrogens is 292 g/mol. The van der Waals surface area contributed by atoms with E-state index >= 15 is 0 Å². The van der Waals surface area contributed by atoms with Crippen molar-refractivity contribution < 1.29 is 9.53 Å². The van der Waals surface area contributed by atoms with Crippen LogP contribution in [0.15, 0.2) is 29.3 Å². The van der Waals surface area contributed by atoms with Gasteiger partial charge in [-0.05, 0) is 30.9 Å². The summed E-state index contributed by atoms with van der Waals surface area (Å²) in [5, 5.41) is 3.08. The number of ether oxygens (including phenoxy) is 1. The molecule has 124 valence electrons. The zero-order valence-electron chi connectivity index (χ0n) is 13.3. The average molecular weight is 316 g/mol. The van der Waals surface area contributed by atoms with E-state index in [1.165, 1.54) is 0 Å². The van der Waals surface area contributed by atoms with Crippen LogP contribution >= 0.6 is 0 Å². The van der Waals surface area contributed by atoms with Crippen molar-refractivity contribution in [1.29, 1.82) is 0 Å². The Morgan fingerprint density at radius 1 is 1.43 bits per heavy atom. The van der Waals surface area contributed by atoms with E-state index in [4.69, 9.17) is 10.5 Å². The molecule has 23 heavy (non-hydrogen) atoms. The fourth-order valence-electron chi connectivity index (χ4n) is 3.05. The molecule has 0 radical (unpaired) electrons. The fraction of sp³-hybridized carbons (Fsp3) is 0.529. The van der Waals surface area contributed by atoms with Crippen molar-refractivity contribution in [3.8, 4) is 0 Å². The van der Waals surface area contributed by atoms with Crippen molar-refractivity contribution in [2.45, 2.75) is 25.4 Å². The molecule has 1 aromatic rings. The molecule has 0 saturated carbocycles. The first-order chi connectivity index (χ1) is 11.2. The van der Waals surface area contributed by atoms with Crippen LogP contribution in [0.25, 0.3) is 0 Å². The molecule has 1 aromatic carbocycles. The first-order valence-corrected chi connectivity index (χ1v) is 8.26. The fourth-order valence-corrected chi connectivity index (χ4v) is 3.05. The summed E-state index contributed by atoms with van der Waals surface area (Å²) in [6, 6.07) is 7.82. The van der Waals surface area contributed by atoms with E-state index in [1.807, 2.05) is 29.2 Å². The van der Waals surface area contributed by atoms with Crippen LogP contribution in [-0.2, 0) is 11.2 Å². The topological polar surface area (TPSA) is 80.0 Å². The number of carbonyl (C=O) groups is 1. The van der Waals surface area contributed by atoms with Crippen LogP contribution in [-0.4, -0.2) is 55.7 Å². The second-order valence-electron chi connectivity index (χ2n) is 5.99. The van der Waals surface area contributed by atoms with E-state index in [1.54, 1.807) is 0 Å². The predicted molar refractivity (Wildman–Crippen MR) is 89.5 cm³/mol. The van der Waals surface area contributed by atoms with Gasteiger partial charge in [0.2, 0.25) is 0 Å². The molecule has 0 spiro atoms. The Hall–Kier alpha value is -2.08. The van der Waals surface area contributed by atoms with Crippen LogP contribution in [0.1, 0.15) is 28.8 Å². The van der Waals surface area contributed by atoms with Crippen molar-refractivity contribution in [2.75, 3.05) is 32.8 Å². The molecule has 2 heterocycles. The Morgan fingerprint density at radius 2 is 2.30 bits per heavy atom. The largest absolute Gasteiger partial charge is 0.376 e. The minimum atomic E-state index is 0.100. The summed E-state index contributed by atoms with van der Waals surface area (Å²) < 4.78 is 5.51. The number of fused-ring (bicyclic) bond motifs is 1. The van der Waals surface area contributed by atoms with Crippen molar-refractivity contribution in [1.82, 2.24) is 10.2 Å². The summed E-state index contributed by atoms with van der Waals surface area (Å²) >= 11 is 0. The molecule has 3 N–H and O–H groups in total. The normalized spacial score (nSPS) is 21.4. The molecule has 0 aromatic heterocycles. The van der Waals surface area contributed by atoms with Gasteiger partial charge in [-0.3, -0.25) is 9.79 Å². The molecule has 6 nitrogen and oxygen atoms in total. The molecule has 1 unspecified atom stereocenters. The van der Waals surface area contributed by atoms with Gasteiger partial charge in [0, 0.05) is 31.8 Å². The third-order valence-corrected chi connectivity index (χ3v) is 4.36. The number of hydrogen-bond donors (Lipinski definition) is 2. The minimum absolute atomic E-state index is 0.100. The third kappa shape index (κ3) is 4.01. The van der Waals surface area contributed by atoms with Gasteiger partial charge in [-0.25, -0.2) is 0 Å². The van der Waals surface area contributed by atoms with E-state index in [0.717, 1.165) is 43.5 Å². The van der Waals surface area contributed by atoms with Gasteiger partial charge in [-0.1, -0.05) is 18.2 Å². The molecule has 1 saturated heterocycles. The van der Waals surface area contributed by atoms with Gasteiger partial charge in [0.25, 0.3) is 5.91 Å². The van der Waals surface area contributed by atoms with Gasteiger partial charge in [-0.15, -0.1) is 0 Å². The third-order valence-electron chi connectivity index (χ3n) is 4.36. The highest BCUT2D eigenvalue weighted by molar-refractivity contribution is 5.96. The molecule has 0 bridgehead atoms. The number of guanidine groups is 1. The molecule has 1 fully saturated rings. The summed E-state index contributed by atoms with van der Waals surface area (Å²) in [5.74, 6) is 0.522. The van der Waals surface area contributed by atoms with Gasteiger partial charge in [0.1, 0.15) is 0 Å². The highest BCUT2D eigenvalue weighted by atomic mass is 16.5. The van der Waals surface area contributed by atoms with Crippen molar-refractivity contribution in [3.63, 3.8) is 0 Å². The number of nitrogens with one attached hydrogen (secondary N) is 1.